The summed E-state index contributed by atoms with van der Waals surface area (Å²) in [6.07, 6.45) is 18.3. The Labute approximate surface area is 532 Å². The highest BCUT2D eigenvalue weighted by atomic mass is 32.1. The highest BCUT2D eigenvalue weighted by Crippen LogP contribution is 2.86. The summed E-state index contributed by atoms with van der Waals surface area (Å²) in [4.78, 5) is 83.4. The number of thiazole rings is 1. The molecule has 3 amide bonds. The Morgan fingerprint density at radius 3 is 2.19 bits per heavy atom. The van der Waals surface area contributed by atoms with Crippen LogP contribution >= 0.6 is 24.8 Å². The molecule has 5 aliphatic heterocycles. The van der Waals surface area contributed by atoms with E-state index >= 15 is 4.39 Å². The Kier molecular flexibility index (Phi) is 24.8. The number of fused-ring (bicyclic) bond motifs is 2. The van der Waals surface area contributed by atoms with Crippen LogP contribution in [0.5, 0.6) is 0 Å². The summed E-state index contributed by atoms with van der Waals surface area (Å²) < 4.78 is 17.5. The number of H-pyrrole nitrogens is 1. The number of aromatic amines is 1. The van der Waals surface area contributed by atoms with E-state index in [2.05, 4.69) is 66.8 Å². The van der Waals surface area contributed by atoms with Crippen LogP contribution in [0.3, 0.4) is 0 Å². The zero-order valence-corrected chi connectivity index (χ0v) is 54.4. The van der Waals surface area contributed by atoms with Gasteiger partial charge in [0.25, 0.3) is 11.5 Å². The maximum absolute atomic E-state index is 15.1. The normalized spacial score (nSPS) is 22.2. The number of hydrogen-bond acceptors (Lipinski definition) is 13. The number of amides is 3. The van der Waals surface area contributed by atoms with Crippen LogP contribution in [0, 0.1) is 31.0 Å². The van der Waals surface area contributed by atoms with Gasteiger partial charge in [-0.3, -0.25) is 38.7 Å². The van der Waals surface area contributed by atoms with Crippen LogP contribution in [0.25, 0.3) is 12.2 Å². The standard InChI is InChI=1S/C54H69FN12O4S.C8H8O.C3H8.C2H6.CH4.H2S/c1-4-10-40-39(5-2)43(57-60-50(40)69)30-38-13-14-42(55)41(29-38)51(70)64-27-25-63(26-28-64)47(68)33-61-19-15-37(16-20-61)31-62-21-23-65(24-22-62)52(71)54-34-53(54,35-54)48-36(3)72-46(56-48)32-66-17-9-11-44(66)49-59-58-45-12-7-6-8-18-67(45)49;1-7-4-2-3-5-8(7)6-9;1-3-2;1-2;;/h4-5,10,13-14,29,37,44H,1,6-9,11-12,15-28,30-35H2,2-3H3,(H,60,69);2-6H,1H3;3H2,1-2H3;1-2H3;1H4;1H2/b39-5+,40-10+;;;;;. The van der Waals surface area contributed by atoms with Gasteiger partial charge in [0.2, 0.25) is 11.8 Å². The molecule has 12 rings (SSSR count). The number of piperazine rings is 2. The van der Waals surface area contributed by atoms with E-state index in [0.29, 0.717) is 78.7 Å². The van der Waals surface area contributed by atoms with Crippen LogP contribution in [0.2, 0.25) is 0 Å². The summed E-state index contributed by atoms with van der Waals surface area (Å²) in [7, 11) is 0. The van der Waals surface area contributed by atoms with E-state index in [-0.39, 0.29) is 48.8 Å². The quantitative estimate of drug-likeness (QED) is 0.105. The number of piperidine rings is 1. The van der Waals surface area contributed by atoms with Gasteiger partial charge in [-0.15, -0.1) is 21.5 Å². The average molecular weight is 1250 g/mol. The van der Waals surface area contributed by atoms with Gasteiger partial charge in [-0.2, -0.15) is 18.6 Å². The maximum Gasteiger partial charge on any atom is 0.272 e. The van der Waals surface area contributed by atoms with Crippen LogP contribution in [-0.4, -0.2) is 168 Å². The molecule has 0 radical (unpaired) electrons. The Hall–Kier alpha value is -6.19. The van der Waals surface area contributed by atoms with Crippen molar-refractivity contribution in [1.82, 2.24) is 59.3 Å². The molecule has 4 saturated heterocycles. The molecule has 2 aromatic carbocycles. The fourth-order valence-electron chi connectivity index (χ4n) is 13.6. The Morgan fingerprint density at radius 1 is 0.830 bits per heavy atom. The van der Waals surface area contributed by atoms with Crippen molar-refractivity contribution in [2.75, 3.05) is 85.1 Å². The SMILES string of the molecule is C.C=C/C=c1/c(=O)[nH]nc(Cc2ccc(F)c(C(=O)N3CCN(C(=O)CN4CCC(CN5CCN(C(=O)C67CC6(c6nc(CN8CCCC8c8nnc9n8CCCCC9)sc6C)C7)CC5)CC4)CC3)c2)/c1=C/C.CC.CCC.Cc1ccccc1C=O.S. The molecule has 1 atom stereocenters. The number of allylic oxidation sites excluding steroid dienone is 1. The largest absolute Gasteiger partial charge is 0.340 e. The number of carbonyl (C=O) groups is 4. The molecule has 5 aromatic rings. The molecule has 8 heterocycles. The van der Waals surface area contributed by atoms with Crippen LogP contribution in [0.15, 0.2) is 59.9 Å². The summed E-state index contributed by atoms with van der Waals surface area (Å²) in [6, 6.07) is 12.3. The predicted octanol–water partition coefficient (Wildman–Crippen LogP) is 8.56. The second kappa shape index (κ2) is 31.5. The molecule has 20 heteroatoms. The van der Waals surface area contributed by atoms with Gasteiger partial charge in [-0.25, -0.2) is 14.5 Å². The number of halogens is 1. The van der Waals surface area contributed by atoms with Crippen molar-refractivity contribution in [2.45, 2.75) is 157 Å². The lowest BCUT2D eigenvalue weighted by molar-refractivity contribution is -0.137. The molecule has 1 unspecified atom stereocenters. The molecule has 6 fully saturated rings. The van der Waals surface area contributed by atoms with Crippen molar-refractivity contribution in [3.05, 3.63) is 137 Å². The van der Waals surface area contributed by atoms with Crippen molar-refractivity contribution in [3.8, 4) is 0 Å². The van der Waals surface area contributed by atoms with Gasteiger partial charge >= 0.3 is 0 Å². The molecule has 3 aromatic heterocycles. The van der Waals surface area contributed by atoms with Crippen molar-refractivity contribution >= 4 is 61.0 Å². The van der Waals surface area contributed by atoms with Crippen molar-refractivity contribution in [2.24, 2.45) is 11.3 Å². The number of aldehydes is 1. The zero-order valence-electron chi connectivity index (χ0n) is 52.6. The molecule has 2 aliphatic carbocycles. The van der Waals surface area contributed by atoms with E-state index in [1.165, 1.54) is 42.3 Å². The number of nitrogens with one attached hydrogen (secondary N) is 1. The van der Waals surface area contributed by atoms with Crippen molar-refractivity contribution in [3.63, 3.8) is 0 Å². The molecule has 478 valence electrons. The van der Waals surface area contributed by atoms with E-state index < -0.39 is 11.7 Å². The number of rotatable bonds is 14. The van der Waals surface area contributed by atoms with Gasteiger partial charge in [0.1, 0.15) is 28.8 Å². The number of likely N-dealkylation sites (tertiary alicyclic amines) is 2. The molecule has 88 heavy (non-hydrogen) atoms. The molecule has 7 aliphatic rings. The molecule has 1 N–H and O–H groups in total. The summed E-state index contributed by atoms with van der Waals surface area (Å²) >= 11 is 1.82. The summed E-state index contributed by atoms with van der Waals surface area (Å²) in [6.45, 7) is 28.7. The van der Waals surface area contributed by atoms with Crippen molar-refractivity contribution < 1.29 is 23.6 Å². The highest BCUT2D eigenvalue weighted by Gasteiger charge is 2.89. The molecular formula is C68H97FN12O5S2. The monoisotopic (exact) mass is 1240 g/mol. The molecule has 17 nitrogen and oxygen atoms in total. The van der Waals surface area contributed by atoms with E-state index in [0.717, 1.165) is 144 Å². The van der Waals surface area contributed by atoms with E-state index in [1.807, 2.05) is 68.2 Å². The smallest absolute Gasteiger partial charge is 0.272 e. The van der Waals surface area contributed by atoms with Crippen LogP contribution in [-0.2, 0) is 40.9 Å². The first kappa shape index (κ1) is 69.3. The summed E-state index contributed by atoms with van der Waals surface area (Å²) in [5.74, 6) is 2.25. The van der Waals surface area contributed by atoms with Gasteiger partial charge in [-0.05, 0) is 127 Å². The first-order chi connectivity index (χ1) is 41.7. The minimum atomic E-state index is -0.602. The van der Waals surface area contributed by atoms with Gasteiger partial charge in [0, 0.05) is 105 Å². The third-order valence-electron chi connectivity index (χ3n) is 18.5. The first-order valence-electron chi connectivity index (χ1n) is 31.8. The van der Waals surface area contributed by atoms with E-state index in [9.17, 15) is 24.0 Å². The minimum absolute atomic E-state index is 0. The average Bonchev–Trinajstić information content (AvgIpc) is 1.44. The van der Waals surface area contributed by atoms with E-state index in [4.69, 9.17) is 10.1 Å². The molecule has 0 bridgehead atoms. The maximum atomic E-state index is 15.1. The third kappa shape index (κ3) is 15.3. The zero-order chi connectivity index (χ0) is 61.1. The Bertz CT molecular complexity index is 3390. The van der Waals surface area contributed by atoms with Crippen LogP contribution < -0.4 is 16.0 Å². The van der Waals surface area contributed by atoms with E-state index in [1.54, 1.807) is 35.3 Å². The number of benzene rings is 2. The lowest BCUT2D eigenvalue weighted by Gasteiger charge is -2.40. The lowest BCUT2D eigenvalue weighted by atomic mass is 9.96. The second-order valence-corrected chi connectivity index (χ2v) is 25.6. The lowest BCUT2D eigenvalue weighted by Crippen LogP contribution is -2.53. The topological polar surface area (TPSA) is 177 Å². The van der Waals surface area contributed by atoms with Crippen LogP contribution in [0.1, 0.15) is 177 Å². The highest BCUT2D eigenvalue weighted by molar-refractivity contribution is 7.59. The second-order valence-electron chi connectivity index (χ2n) is 24.3. The van der Waals surface area contributed by atoms with Crippen LogP contribution in [0.4, 0.5) is 4.39 Å². The first-order valence-corrected chi connectivity index (χ1v) is 32.6. The number of nitrogens with zero attached hydrogens (tertiary/aromatic N) is 11. The number of aromatic nitrogens is 6. The summed E-state index contributed by atoms with van der Waals surface area (Å²) in [5.41, 5.74) is 3.63. The third-order valence-corrected chi connectivity index (χ3v) is 19.5. The van der Waals surface area contributed by atoms with Crippen molar-refractivity contribution in [1.29, 1.82) is 0 Å². The predicted molar refractivity (Wildman–Crippen MR) is 354 cm³/mol. The Morgan fingerprint density at radius 2 is 1.52 bits per heavy atom. The number of aryl methyl sites for hydroxylation is 3. The van der Waals surface area contributed by atoms with Gasteiger partial charge in [0.15, 0.2) is 0 Å². The number of hydrogen-bond donors (Lipinski definition) is 1. The van der Waals surface area contributed by atoms with Gasteiger partial charge < -0.3 is 19.3 Å². The minimum Gasteiger partial charge on any atom is -0.340 e. The molecule has 2 saturated carbocycles. The molecular weight excluding hydrogens is 1150 g/mol. The fourth-order valence-corrected chi connectivity index (χ4v) is 14.7. The van der Waals surface area contributed by atoms with Gasteiger partial charge in [-0.1, -0.05) is 97.0 Å². The number of carbonyl (C=O) groups excluding carboxylic acids is 4. The Balaban J connectivity index is 0.000000620. The van der Waals surface area contributed by atoms with Gasteiger partial charge in [0.05, 0.1) is 41.5 Å². The fraction of sp³-hybridized carbons (Fsp3) is 0.574. The molecule has 0 spiro atoms. The summed E-state index contributed by atoms with van der Waals surface area (Å²) in [5, 5.41) is 18.4.